The molecule has 2 aliphatic heterocycles. The van der Waals surface area contributed by atoms with Gasteiger partial charge >= 0.3 is 0 Å². The molecule has 3 aliphatic rings. The number of rotatable bonds is 3. The summed E-state index contributed by atoms with van der Waals surface area (Å²) < 4.78 is 0. The minimum atomic E-state index is 0. The lowest BCUT2D eigenvalue weighted by Crippen LogP contribution is -2.37. The highest BCUT2D eigenvalue weighted by atomic mass is 35.5. The minimum absolute atomic E-state index is 0. The summed E-state index contributed by atoms with van der Waals surface area (Å²) in [5, 5.41) is 3.53. The molecule has 2 unspecified atom stereocenters. The standard InChI is InChI=1S/C13H24N2.ClH/c1-2-11(8-14-6-1)9-15-7-5-13(10-15)12-3-4-12;/h11-14H,1-10H2;1H. The van der Waals surface area contributed by atoms with Crippen LogP contribution >= 0.6 is 12.4 Å². The Morgan fingerprint density at radius 3 is 2.62 bits per heavy atom. The Bertz CT molecular complexity index is 212. The number of halogens is 1. The molecule has 94 valence electrons. The maximum atomic E-state index is 3.53. The van der Waals surface area contributed by atoms with Gasteiger partial charge < -0.3 is 10.2 Å². The van der Waals surface area contributed by atoms with E-state index in [-0.39, 0.29) is 12.4 Å². The number of hydrogen-bond acceptors (Lipinski definition) is 2. The van der Waals surface area contributed by atoms with E-state index in [0.29, 0.717) is 0 Å². The molecule has 0 aromatic rings. The molecule has 0 bridgehead atoms. The second-order valence-electron chi connectivity index (χ2n) is 5.86. The Kier molecular flexibility index (Phi) is 4.51. The average Bonchev–Trinajstić information content (AvgIpc) is 3.02. The highest BCUT2D eigenvalue weighted by molar-refractivity contribution is 5.85. The summed E-state index contributed by atoms with van der Waals surface area (Å²) >= 11 is 0. The molecule has 1 N–H and O–H groups in total. The SMILES string of the molecule is C1CNCC(CN2CCC(C3CC3)C2)C1.Cl. The fourth-order valence-corrected chi connectivity index (χ4v) is 3.43. The van der Waals surface area contributed by atoms with Gasteiger partial charge in [0.05, 0.1) is 0 Å². The molecule has 3 fully saturated rings. The topological polar surface area (TPSA) is 15.3 Å². The third-order valence-corrected chi connectivity index (χ3v) is 4.51. The molecule has 0 aromatic heterocycles. The molecule has 3 heteroatoms. The maximum absolute atomic E-state index is 3.53. The first-order valence-electron chi connectivity index (χ1n) is 6.85. The maximum Gasteiger partial charge on any atom is 0.00219 e. The van der Waals surface area contributed by atoms with Gasteiger partial charge in [-0.2, -0.15) is 0 Å². The molecule has 2 saturated heterocycles. The van der Waals surface area contributed by atoms with Crippen LogP contribution in [-0.4, -0.2) is 37.6 Å². The fraction of sp³-hybridized carbons (Fsp3) is 1.00. The van der Waals surface area contributed by atoms with Crippen molar-refractivity contribution < 1.29 is 0 Å². The van der Waals surface area contributed by atoms with E-state index in [1.165, 1.54) is 64.8 Å². The van der Waals surface area contributed by atoms with Gasteiger partial charge in [-0.15, -0.1) is 12.4 Å². The number of hydrogen-bond donors (Lipinski definition) is 1. The second kappa shape index (κ2) is 5.70. The lowest BCUT2D eigenvalue weighted by Gasteiger charge is -2.27. The van der Waals surface area contributed by atoms with Crippen molar-refractivity contribution in [1.82, 2.24) is 10.2 Å². The summed E-state index contributed by atoms with van der Waals surface area (Å²) in [7, 11) is 0. The highest BCUT2D eigenvalue weighted by Gasteiger charge is 2.36. The van der Waals surface area contributed by atoms with Crippen molar-refractivity contribution in [3.8, 4) is 0 Å². The van der Waals surface area contributed by atoms with Crippen molar-refractivity contribution in [2.45, 2.75) is 32.1 Å². The van der Waals surface area contributed by atoms with Gasteiger partial charge in [-0.1, -0.05) is 0 Å². The molecular weight excluding hydrogens is 220 g/mol. The van der Waals surface area contributed by atoms with Crippen LogP contribution in [-0.2, 0) is 0 Å². The van der Waals surface area contributed by atoms with Gasteiger partial charge in [0.1, 0.15) is 0 Å². The van der Waals surface area contributed by atoms with Crippen LogP contribution in [0, 0.1) is 17.8 Å². The first-order valence-corrected chi connectivity index (χ1v) is 6.85. The van der Waals surface area contributed by atoms with E-state index in [2.05, 4.69) is 10.2 Å². The smallest absolute Gasteiger partial charge is 0.00219 e. The van der Waals surface area contributed by atoms with Gasteiger partial charge in [0.2, 0.25) is 0 Å². The van der Waals surface area contributed by atoms with Gasteiger partial charge in [-0.3, -0.25) is 0 Å². The van der Waals surface area contributed by atoms with Gasteiger partial charge in [0.15, 0.2) is 0 Å². The van der Waals surface area contributed by atoms with Crippen molar-refractivity contribution in [1.29, 1.82) is 0 Å². The van der Waals surface area contributed by atoms with Crippen LogP contribution in [0.3, 0.4) is 0 Å². The molecule has 1 aliphatic carbocycles. The first kappa shape index (κ1) is 12.7. The molecule has 0 aromatic carbocycles. The molecule has 2 nitrogen and oxygen atoms in total. The minimum Gasteiger partial charge on any atom is -0.316 e. The van der Waals surface area contributed by atoms with Crippen LogP contribution < -0.4 is 5.32 Å². The summed E-state index contributed by atoms with van der Waals surface area (Å²) in [5.74, 6) is 3.14. The molecule has 0 spiro atoms. The first-order chi connectivity index (χ1) is 7.42. The fourth-order valence-electron chi connectivity index (χ4n) is 3.43. The molecule has 3 rings (SSSR count). The monoisotopic (exact) mass is 244 g/mol. The molecular formula is C13H25ClN2. The largest absolute Gasteiger partial charge is 0.316 e. The van der Waals surface area contributed by atoms with Crippen LogP contribution in [0.5, 0.6) is 0 Å². The van der Waals surface area contributed by atoms with Gasteiger partial charge in [-0.25, -0.2) is 0 Å². The Morgan fingerprint density at radius 2 is 1.94 bits per heavy atom. The lowest BCUT2D eigenvalue weighted by atomic mass is 9.99. The number of piperidine rings is 1. The number of nitrogens with zero attached hydrogens (tertiary/aromatic N) is 1. The summed E-state index contributed by atoms with van der Waals surface area (Å²) in [6.45, 7) is 6.70. The zero-order valence-corrected chi connectivity index (χ0v) is 11.0. The normalized spacial score (nSPS) is 36.0. The van der Waals surface area contributed by atoms with E-state index >= 15 is 0 Å². The quantitative estimate of drug-likeness (QED) is 0.819. The van der Waals surface area contributed by atoms with Crippen LogP contribution in [0.25, 0.3) is 0 Å². The predicted octanol–water partition coefficient (Wildman–Crippen LogP) is 2.14. The summed E-state index contributed by atoms with van der Waals surface area (Å²) in [5.41, 5.74) is 0. The zero-order valence-electron chi connectivity index (χ0n) is 10.2. The summed E-state index contributed by atoms with van der Waals surface area (Å²) in [6.07, 6.45) is 7.40. The van der Waals surface area contributed by atoms with E-state index in [0.717, 1.165) is 17.8 Å². The average molecular weight is 245 g/mol. The van der Waals surface area contributed by atoms with E-state index in [4.69, 9.17) is 0 Å². The molecule has 0 radical (unpaired) electrons. The zero-order chi connectivity index (χ0) is 10.1. The van der Waals surface area contributed by atoms with Crippen molar-refractivity contribution in [2.75, 3.05) is 32.7 Å². The molecule has 2 atom stereocenters. The van der Waals surface area contributed by atoms with Gasteiger partial charge in [0.25, 0.3) is 0 Å². The summed E-state index contributed by atoms with van der Waals surface area (Å²) in [4.78, 5) is 2.74. The molecule has 16 heavy (non-hydrogen) atoms. The van der Waals surface area contributed by atoms with E-state index < -0.39 is 0 Å². The van der Waals surface area contributed by atoms with E-state index in [1.807, 2.05) is 0 Å². The second-order valence-corrected chi connectivity index (χ2v) is 5.86. The van der Waals surface area contributed by atoms with Gasteiger partial charge in [-0.05, 0) is 69.5 Å². The van der Waals surface area contributed by atoms with Crippen molar-refractivity contribution in [3.63, 3.8) is 0 Å². The number of nitrogens with one attached hydrogen (secondary N) is 1. The molecule has 2 heterocycles. The predicted molar refractivity (Wildman–Crippen MR) is 70.1 cm³/mol. The van der Waals surface area contributed by atoms with Crippen molar-refractivity contribution >= 4 is 12.4 Å². The van der Waals surface area contributed by atoms with Crippen LogP contribution in [0.4, 0.5) is 0 Å². The van der Waals surface area contributed by atoms with Crippen LogP contribution in [0.1, 0.15) is 32.1 Å². The van der Waals surface area contributed by atoms with Crippen LogP contribution in [0.2, 0.25) is 0 Å². The Hall–Kier alpha value is 0.210. The Balaban J connectivity index is 0.000000963. The highest BCUT2D eigenvalue weighted by Crippen LogP contribution is 2.41. The third kappa shape index (κ3) is 3.12. The van der Waals surface area contributed by atoms with E-state index in [1.54, 1.807) is 0 Å². The molecule has 1 saturated carbocycles. The lowest BCUT2D eigenvalue weighted by molar-refractivity contribution is 0.235. The Labute approximate surface area is 106 Å². The third-order valence-electron chi connectivity index (χ3n) is 4.51. The van der Waals surface area contributed by atoms with E-state index in [9.17, 15) is 0 Å². The van der Waals surface area contributed by atoms with Gasteiger partial charge in [0, 0.05) is 13.1 Å². The molecule has 0 amide bonds. The Morgan fingerprint density at radius 1 is 1.06 bits per heavy atom. The summed E-state index contributed by atoms with van der Waals surface area (Å²) in [6, 6.07) is 0. The van der Waals surface area contributed by atoms with Crippen molar-refractivity contribution in [3.05, 3.63) is 0 Å². The van der Waals surface area contributed by atoms with Crippen molar-refractivity contribution in [2.24, 2.45) is 17.8 Å². The van der Waals surface area contributed by atoms with Crippen LogP contribution in [0.15, 0.2) is 0 Å². The number of likely N-dealkylation sites (tertiary alicyclic amines) is 1.